The minimum Gasteiger partial charge on any atom is -0.335 e. The van der Waals surface area contributed by atoms with Gasteiger partial charge in [-0.1, -0.05) is 18.2 Å². The number of nitrogens with zero attached hydrogens (tertiary/aromatic N) is 4. The normalized spacial score (nSPS) is 21.8. The molecule has 9 nitrogen and oxygen atoms in total. The van der Waals surface area contributed by atoms with Gasteiger partial charge >= 0.3 is 0 Å². The van der Waals surface area contributed by atoms with E-state index >= 15 is 0 Å². The standard InChI is InChI=1S/C18H26N4O5S/c1-28(26,27)20-10-11-21(16(14-20)13-19-8-4-5-9-19)18(23)12-15-6-2-3-7-17(15)22(24)25/h2-3,6-7,16H,4-5,8-14H2,1H3. The first kappa shape index (κ1) is 20.7. The van der Waals surface area contributed by atoms with E-state index in [2.05, 4.69) is 4.90 Å². The van der Waals surface area contributed by atoms with Gasteiger partial charge in [0.25, 0.3) is 5.69 Å². The van der Waals surface area contributed by atoms with Crippen molar-refractivity contribution < 1.29 is 18.1 Å². The van der Waals surface area contributed by atoms with E-state index in [0.29, 0.717) is 18.7 Å². The third-order valence-electron chi connectivity index (χ3n) is 5.43. The predicted octanol–water partition coefficient (Wildman–Crippen LogP) is 0.706. The summed E-state index contributed by atoms with van der Waals surface area (Å²) in [6.07, 6.45) is 3.33. The molecule has 2 fully saturated rings. The molecule has 2 saturated heterocycles. The van der Waals surface area contributed by atoms with Crippen LogP contribution in [0, 0.1) is 10.1 Å². The number of rotatable bonds is 6. The zero-order valence-electron chi connectivity index (χ0n) is 16.0. The van der Waals surface area contributed by atoms with E-state index in [1.165, 1.54) is 16.6 Å². The number of sulfonamides is 1. The first-order chi connectivity index (χ1) is 13.3. The lowest BCUT2D eigenvalue weighted by Gasteiger charge is -2.42. The summed E-state index contributed by atoms with van der Waals surface area (Å²) in [6, 6.07) is 5.99. The van der Waals surface area contributed by atoms with Crippen LogP contribution >= 0.6 is 0 Å². The SMILES string of the molecule is CS(=O)(=O)N1CCN(C(=O)Cc2ccccc2[N+](=O)[O-])C(CN2CCCC2)C1. The molecule has 0 aliphatic carbocycles. The Morgan fingerprint density at radius 1 is 1.18 bits per heavy atom. The maximum atomic E-state index is 13.0. The van der Waals surface area contributed by atoms with Gasteiger partial charge in [-0.3, -0.25) is 14.9 Å². The zero-order valence-corrected chi connectivity index (χ0v) is 16.8. The van der Waals surface area contributed by atoms with Crippen LogP contribution in [0.5, 0.6) is 0 Å². The molecule has 2 aliphatic rings. The van der Waals surface area contributed by atoms with Crippen LogP contribution in [0.25, 0.3) is 0 Å². The maximum Gasteiger partial charge on any atom is 0.273 e. The van der Waals surface area contributed by atoms with Gasteiger partial charge in [-0.25, -0.2) is 8.42 Å². The molecule has 2 heterocycles. The number of nitro groups is 1. The quantitative estimate of drug-likeness (QED) is 0.505. The van der Waals surface area contributed by atoms with Crippen molar-refractivity contribution in [2.75, 3.05) is 45.5 Å². The summed E-state index contributed by atoms with van der Waals surface area (Å²) in [4.78, 5) is 27.7. The van der Waals surface area contributed by atoms with Gasteiger partial charge in [0.2, 0.25) is 15.9 Å². The maximum absolute atomic E-state index is 13.0. The lowest BCUT2D eigenvalue weighted by atomic mass is 10.1. The van der Waals surface area contributed by atoms with Gasteiger partial charge in [0.15, 0.2) is 0 Å². The van der Waals surface area contributed by atoms with Crippen LogP contribution in [-0.2, 0) is 21.2 Å². The van der Waals surface area contributed by atoms with Gasteiger partial charge < -0.3 is 9.80 Å². The van der Waals surface area contributed by atoms with Gasteiger partial charge in [-0.2, -0.15) is 4.31 Å². The molecule has 0 bridgehead atoms. The molecule has 0 N–H and O–H groups in total. The second-order valence-corrected chi connectivity index (χ2v) is 9.41. The third-order valence-corrected chi connectivity index (χ3v) is 6.70. The molecule has 154 valence electrons. The fraction of sp³-hybridized carbons (Fsp3) is 0.611. The second-order valence-electron chi connectivity index (χ2n) is 7.43. The Morgan fingerprint density at radius 2 is 1.86 bits per heavy atom. The summed E-state index contributed by atoms with van der Waals surface area (Å²) in [7, 11) is -3.33. The van der Waals surface area contributed by atoms with Gasteiger partial charge in [0.1, 0.15) is 0 Å². The second kappa shape index (κ2) is 8.54. The highest BCUT2D eigenvalue weighted by Crippen LogP contribution is 2.22. The van der Waals surface area contributed by atoms with Crippen molar-refractivity contribution in [3.63, 3.8) is 0 Å². The van der Waals surface area contributed by atoms with Gasteiger partial charge in [-0.05, 0) is 25.9 Å². The fourth-order valence-corrected chi connectivity index (χ4v) is 4.83. The smallest absolute Gasteiger partial charge is 0.273 e. The van der Waals surface area contributed by atoms with Crippen molar-refractivity contribution in [3.05, 3.63) is 39.9 Å². The van der Waals surface area contributed by atoms with Crippen molar-refractivity contribution in [1.82, 2.24) is 14.1 Å². The topological polar surface area (TPSA) is 104 Å². The van der Waals surface area contributed by atoms with Crippen molar-refractivity contribution in [1.29, 1.82) is 0 Å². The van der Waals surface area contributed by atoms with E-state index < -0.39 is 14.9 Å². The molecule has 1 amide bonds. The molecular formula is C18H26N4O5S. The Labute approximate surface area is 165 Å². The van der Waals surface area contributed by atoms with Crippen LogP contribution in [0.2, 0.25) is 0 Å². The summed E-state index contributed by atoms with van der Waals surface area (Å²) in [6.45, 7) is 3.32. The summed E-state index contributed by atoms with van der Waals surface area (Å²) < 4.78 is 25.4. The number of hydrogen-bond acceptors (Lipinski definition) is 6. The molecule has 1 atom stereocenters. The van der Waals surface area contributed by atoms with E-state index in [4.69, 9.17) is 0 Å². The Balaban J connectivity index is 1.77. The summed E-state index contributed by atoms with van der Waals surface area (Å²) in [5, 5.41) is 11.2. The number of piperazine rings is 1. The Morgan fingerprint density at radius 3 is 2.50 bits per heavy atom. The molecule has 0 spiro atoms. The number of carbonyl (C=O) groups excluding carboxylic acids is 1. The highest BCUT2D eigenvalue weighted by molar-refractivity contribution is 7.88. The van der Waals surface area contributed by atoms with Crippen LogP contribution in [0.3, 0.4) is 0 Å². The van der Waals surface area contributed by atoms with E-state index in [0.717, 1.165) is 25.9 Å². The molecule has 1 aromatic rings. The monoisotopic (exact) mass is 410 g/mol. The molecule has 0 radical (unpaired) electrons. The molecule has 28 heavy (non-hydrogen) atoms. The molecule has 1 unspecified atom stereocenters. The number of nitro benzene ring substituents is 1. The van der Waals surface area contributed by atoms with Gasteiger partial charge in [0.05, 0.1) is 23.6 Å². The van der Waals surface area contributed by atoms with Crippen molar-refractivity contribution in [3.8, 4) is 0 Å². The molecular weight excluding hydrogens is 384 g/mol. The number of likely N-dealkylation sites (tertiary alicyclic amines) is 1. The lowest BCUT2D eigenvalue weighted by Crippen LogP contribution is -2.59. The van der Waals surface area contributed by atoms with Crippen LogP contribution in [-0.4, -0.2) is 84.9 Å². The van der Waals surface area contributed by atoms with Gasteiger partial charge in [0, 0.05) is 37.8 Å². The zero-order chi connectivity index (χ0) is 20.3. The van der Waals surface area contributed by atoms with E-state index in [1.54, 1.807) is 23.1 Å². The van der Waals surface area contributed by atoms with Crippen LogP contribution in [0.15, 0.2) is 24.3 Å². The van der Waals surface area contributed by atoms with Crippen LogP contribution < -0.4 is 0 Å². The summed E-state index contributed by atoms with van der Waals surface area (Å²) >= 11 is 0. The average Bonchev–Trinajstić information content (AvgIpc) is 3.14. The Bertz CT molecular complexity index is 838. The Hall–Kier alpha value is -2.04. The van der Waals surface area contributed by atoms with Gasteiger partial charge in [-0.15, -0.1) is 0 Å². The first-order valence-electron chi connectivity index (χ1n) is 9.45. The molecule has 2 aliphatic heterocycles. The van der Waals surface area contributed by atoms with Crippen molar-refractivity contribution in [2.45, 2.75) is 25.3 Å². The number of benzene rings is 1. The van der Waals surface area contributed by atoms with Crippen LogP contribution in [0.1, 0.15) is 18.4 Å². The minimum absolute atomic E-state index is 0.0630. The highest BCUT2D eigenvalue weighted by Gasteiger charge is 2.35. The minimum atomic E-state index is -3.33. The van der Waals surface area contributed by atoms with E-state index in [1.807, 2.05) is 0 Å². The lowest BCUT2D eigenvalue weighted by molar-refractivity contribution is -0.385. The number of hydrogen-bond donors (Lipinski definition) is 0. The van der Waals surface area contributed by atoms with Crippen molar-refractivity contribution >= 4 is 21.6 Å². The number of carbonyl (C=O) groups is 1. The number of amides is 1. The predicted molar refractivity (Wildman–Crippen MR) is 104 cm³/mol. The molecule has 1 aromatic carbocycles. The molecule has 3 rings (SSSR count). The third kappa shape index (κ3) is 4.86. The summed E-state index contributed by atoms with van der Waals surface area (Å²) in [5.41, 5.74) is 0.310. The fourth-order valence-electron chi connectivity index (χ4n) is 3.98. The van der Waals surface area contributed by atoms with Crippen LogP contribution in [0.4, 0.5) is 5.69 Å². The summed E-state index contributed by atoms with van der Waals surface area (Å²) in [5.74, 6) is -0.202. The largest absolute Gasteiger partial charge is 0.335 e. The van der Waals surface area contributed by atoms with E-state index in [9.17, 15) is 23.3 Å². The van der Waals surface area contributed by atoms with Crippen molar-refractivity contribution in [2.24, 2.45) is 0 Å². The van der Waals surface area contributed by atoms with E-state index in [-0.39, 0.29) is 37.1 Å². The first-order valence-corrected chi connectivity index (χ1v) is 11.3. The highest BCUT2D eigenvalue weighted by atomic mass is 32.2. The molecule has 0 aromatic heterocycles. The number of para-hydroxylation sites is 1. The average molecular weight is 410 g/mol. The molecule has 0 saturated carbocycles. The molecule has 10 heteroatoms. The Kier molecular flexibility index (Phi) is 6.31.